The Balaban J connectivity index is 1.47. The van der Waals surface area contributed by atoms with Crippen LogP contribution < -0.4 is 4.90 Å². The van der Waals surface area contributed by atoms with Crippen LogP contribution in [0.3, 0.4) is 0 Å². The van der Waals surface area contributed by atoms with Gasteiger partial charge in [0.2, 0.25) is 0 Å². The Bertz CT molecular complexity index is 607. The molecule has 1 aromatic carbocycles. The summed E-state index contributed by atoms with van der Waals surface area (Å²) < 4.78 is 6.03. The van der Waals surface area contributed by atoms with E-state index in [1.54, 1.807) is 0 Å². The van der Waals surface area contributed by atoms with Crippen molar-refractivity contribution < 1.29 is 4.74 Å². The molecular formula is C25H39ClN2O. The summed E-state index contributed by atoms with van der Waals surface area (Å²) in [6.07, 6.45) is 16.2. The Morgan fingerprint density at radius 1 is 0.897 bits per heavy atom. The predicted molar refractivity (Wildman–Crippen MR) is 123 cm³/mol. The van der Waals surface area contributed by atoms with E-state index in [4.69, 9.17) is 16.3 Å². The van der Waals surface area contributed by atoms with E-state index in [9.17, 15) is 0 Å². The van der Waals surface area contributed by atoms with Crippen molar-refractivity contribution >= 4 is 17.3 Å². The zero-order valence-corrected chi connectivity index (χ0v) is 19.0. The van der Waals surface area contributed by atoms with Crippen molar-refractivity contribution in [3.63, 3.8) is 0 Å². The number of ether oxygens (including phenoxy) is 1. The van der Waals surface area contributed by atoms with Crippen molar-refractivity contribution in [2.45, 2.75) is 100 Å². The van der Waals surface area contributed by atoms with Gasteiger partial charge in [-0.1, -0.05) is 74.7 Å². The Hall–Kier alpha value is -0.770. The maximum absolute atomic E-state index is 6.90. The summed E-state index contributed by atoms with van der Waals surface area (Å²) in [5.74, 6) is 0. The molecule has 2 heterocycles. The zero-order valence-electron chi connectivity index (χ0n) is 18.2. The van der Waals surface area contributed by atoms with Crippen molar-refractivity contribution in [1.82, 2.24) is 4.90 Å². The van der Waals surface area contributed by atoms with E-state index in [0.29, 0.717) is 0 Å². The Kier molecular flexibility index (Phi) is 7.42. The molecule has 0 bridgehead atoms. The number of hydrogen-bond donors (Lipinski definition) is 0. The number of methoxy groups -OCH3 is 1. The minimum atomic E-state index is 0.0163. The number of alkyl halides is 1. The second-order valence-corrected chi connectivity index (χ2v) is 9.95. The van der Waals surface area contributed by atoms with Gasteiger partial charge in [-0.25, -0.2) is 0 Å². The molecule has 4 heteroatoms. The van der Waals surface area contributed by atoms with Gasteiger partial charge in [-0.15, -0.1) is 0 Å². The van der Waals surface area contributed by atoms with Gasteiger partial charge in [0.1, 0.15) is 5.50 Å². The molecule has 0 amide bonds. The molecule has 1 aliphatic carbocycles. The van der Waals surface area contributed by atoms with Gasteiger partial charge in [0, 0.05) is 38.3 Å². The lowest BCUT2D eigenvalue weighted by Gasteiger charge is -2.50. The van der Waals surface area contributed by atoms with Crippen LogP contribution in [0.2, 0.25) is 0 Å². The molecule has 0 N–H and O–H groups in total. The van der Waals surface area contributed by atoms with Crippen LogP contribution in [0.4, 0.5) is 5.69 Å². The average Bonchev–Trinajstić information content (AvgIpc) is 3.04. The number of nitrogens with zero attached hydrogens (tertiary/aromatic N) is 2. The fourth-order valence-electron chi connectivity index (χ4n) is 6.25. The van der Waals surface area contributed by atoms with E-state index < -0.39 is 0 Å². The molecule has 29 heavy (non-hydrogen) atoms. The van der Waals surface area contributed by atoms with Gasteiger partial charge in [0.05, 0.1) is 11.6 Å². The number of benzene rings is 1. The monoisotopic (exact) mass is 418 g/mol. The van der Waals surface area contributed by atoms with Gasteiger partial charge in [-0.3, -0.25) is 0 Å². The van der Waals surface area contributed by atoms with Crippen LogP contribution in [0.5, 0.6) is 0 Å². The predicted octanol–water partition coefficient (Wildman–Crippen LogP) is 6.20. The first-order valence-corrected chi connectivity index (χ1v) is 12.4. The molecule has 2 saturated heterocycles. The van der Waals surface area contributed by atoms with Crippen LogP contribution in [-0.4, -0.2) is 48.3 Å². The Labute approximate surface area is 182 Å². The minimum absolute atomic E-state index is 0.0163. The van der Waals surface area contributed by atoms with E-state index in [1.807, 2.05) is 7.11 Å². The number of piperidine rings is 1. The molecule has 3 aliphatic rings. The second kappa shape index (κ2) is 10.0. The highest BCUT2D eigenvalue weighted by atomic mass is 35.5. The quantitative estimate of drug-likeness (QED) is 0.429. The number of halogens is 1. The SMILES string of the molecule is COC1CC(Cl)N(c2ccccc2)C12CCN(C1CCCCCCCCC1)CC2. The molecule has 1 aromatic rings. The third-order valence-electron chi connectivity index (χ3n) is 7.84. The summed E-state index contributed by atoms with van der Waals surface area (Å²) in [6, 6.07) is 11.5. The van der Waals surface area contributed by atoms with Gasteiger partial charge in [0.15, 0.2) is 0 Å². The van der Waals surface area contributed by atoms with Crippen LogP contribution >= 0.6 is 11.6 Å². The average molecular weight is 419 g/mol. The van der Waals surface area contributed by atoms with E-state index in [0.717, 1.165) is 25.3 Å². The highest BCUT2D eigenvalue weighted by Crippen LogP contribution is 2.47. The number of likely N-dealkylation sites (tertiary alicyclic amines) is 1. The lowest BCUT2D eigenvalue weighted by molar-refractivity contribution is 0.00975. The maximum Gasteiger partial charge on any atom is 0.107 e. The van der Waals surface area contributed by atoms with E-state index in [-0.39, 0.29) is 17.1 Å². The lowest BCUT2D eigenvalue weighted by Crippen LogP contribution is -2.59. The summed E-state index contributed by atoms with van der Waals surface area (Å²) in [5.41, 5.74) is 1.30. The van der Waals surface area contributed by atoms with Crippen LogP contribution in [0, 0.1) is 0 Å². The highest BCUT2D eigenvalue weighted by molar-refractivity contribution is 6.22. The van der Waals surface area contributed by atoms with Crippen LogP contribution in [0.15, 0.2) is 30.3 Å². The van der Waals surface area contributed by atoms with Crippen molar-refractivity contribution in [1.29, 1.82) is 0 Å². The smallest absolute Gasteiger partial charge is 0.107 e. The number of anilines is 1. The van der Waals surface area contributed by atoms with Gasteiger partial charge < -0.3 is 14.5 Å². The fourth-order valence-corrected chi connectivity index (χ4v) is 6.72. The first-order chi connectivity index (χ1) is 14.2. The third kappa shape index (κ3) is 4.62. The van der Waals surface area contributed by atoms with Crippen molar-refractivity contribution in [2.75, 3.05) is 25.1 Å². The molecule has 3 fully saturated rings. The normalized spacial score (nSPS) is 29.9. The van der Waals surface area contributed by atoms with Crippen LogP contribution in [-0.2, 0) is 4.74 Å². The van der Waals surface area contributed by atoms with Crippen molar-refractivity contribution in [3.8, 4) is 0 Å². The molecule has 0 radical (unpaired) electrons. The summed E-state index contributed by atoms with van der Waals surface area (Å²) in [4.78, 5) is 5.30. The molecule has 1 saturated carbocycles. The first-order valence-electron chi connectivity index (χ1n) is 12.0. The van der Waals surface area contributed by atoms with Crippen LogP contribution in [0.25, 0.3) is 0 Å². The van der Waals surface area contributed by atoms with E-state index in [2.05, 4.69) is 40.1 Å². The molecule has 2 unspecified atom stereocenters. The molecule has 2 aliphatic heterocycles. The number of rotatable bonds is 3. The first kappa shape index (κ1) is 21.5. The third-order valence-corrected chi connectivity index (χ3v) is 8.22. The molecule has 162 valence electrons. The molecule has 0 aromatic heterocycles. The number of para-hydroxylation sites is 1. The van der Waals surface area contributed by atoms with E-state index in [1.165, 1.54) is 76.6 Å². The van der Waals surface area contributed by atoms with Gasteiger partial charge >= 0.3 is 0 Å². The Morgan fingerprint density at radius 2 is 1.48 bits per heavy atom. The lowest BCUT2D eigenvalue weighted by atomic mass is 9.81. The zero-order chi connectivity index (χ0) is 20.1. The molecular weight excluding hydrogens is 380 g/mol. The van der Waals surface area contributed by atoms with Gasteiger partial charge in [0.25, 0.3) is 0 Å². The standard InChI is InChI=1S/C25H39ClN2O/c1-29-23-20-24(26)28(22-14-10-7-11-15-22)25(23)16-18-27(19-17-25)21-12-8-5-3-2-4-6-9-13-21/h7,10-11,14-15,21,23-24H,2-6,8-9,12-13,16-20H2,1H3. The van der Waals surface area contributed by atoms with Gasteiger partial charge in [-0.05, 0) is 37.8 Å². The number of hydrogen-bond acceptors (Lipinski definition) is 3. The fraction of sp³-hybridized carbons (Fsp3) is 0.760. The van der Waals surface area contributed by atoms with Crippen molar-refractivity contribution in [3.05, 3.63) is 30.3 Å². The summed E-state index contributed by atoms with van der Waals surface area (Å²) in [6.45, 7) is 2.36. The molecule has 3 nitrogen and oxygen atoms in total. The summed E-state index contributed by atoms with van der Waals surface area (Å²) in [5, 5.41) is 0. The summed E-state index contributed by atoms with van der Waals surface area (Å²) >= 11 is 6.90. The summed E-state index contributed by atoms with van der Waals surface area (Å²) in [7, 11) is 1.87. The van der Waals surface area contributed by atoms with Gasteiger partial charge in [-0.2, -0.15) is 0 Å². The maximum atomic E-state index is 6.90. The van der Waals surface area contributed by atoms with Crippen LogP contribution in [0.1, 0.15) is 77.0 Å². The Morgan fingerprint density at radius 3 is 2.07 bits per heavy atom. The highest BCUT2D eigenvalue weighted by Gasteiger charge is 2.54. The minimum Gasteiger partial charge on any atom is -0.379 e. The topological polar surface area (TPSA) is 15.7 Å². The van der Waals surface area contributed by atoms with E-state index >= 15 is 0 Å². The van der Waals surface area contributed by atoms with Crippen molar-refractivity contribution in [2.24, 2.45) is 0 Å². The molecule has 4 rings (SSSR count). The second-order valence-electron chi connectivity index (χ2n) is 9.45. The molecule has 1 spiro atoms. The molecule has 2 atom stereocenters. The largest absolute Gasteiger partial charge is 0.379 e.